The number of halogens is 3. The Morgan fingerprint density at radius 3 is 2.64 bits per heavy atom. The van der Waals surface area contributed by atoms with E-state index in [2.05, 4.69) is 20.3 Å². The molecule has 1 aromatic heterocycles. The highest BCUT2D eigenvalue weighted by molar-refractivity contribution is 7.99. The number of amides is 1. The molecule has 0 fully saturated rings. The average Bonchev–Trinajstić information content (AvgIpc) is 3.02. The van der Waals surface area contributed by atoms with Crippen LogP contribution in [0.15, 0.2) is 53.7 Å². The molecule has 0 unspecified atom stereocenters. The number of carbonyl (C=O) groups excluding carboxylic acids is 1. The minimum absolute atomic E-state index is 0.0234. The molecular formula is C18H15ClF2N4O2S. The Kier molecular flexibility index (Phi) is 6.48. The van der Waals surface area contributed by atoms with Gasteiger partial charge in [0.05, 0.1) is 11.4 Å². The molecule has 0 spiro atoms. The summed E-state index contributed by atoms with van der Waals surface area (Å²) in [7, 11) is 1.79. The number of hydrogen-bond acceptors (Lipinski definition) is 5. The van der Waals surface area contributed by atoms with E-state index in [1.54, 1.807) is 35.9 Å². The van der Waals surface area contributed by atoms with Crippen LogP contribution in [0.25, 0.3) is 11.4 Å². The van der Waals surface area contributed by atoms with Gasteiger partial charge in [0, 0.05) is 17.6 Å². The molecule has 0 radical (unpaired) electrons. The van der Waals surface area contributed by atoms with E-state index < -0.39 is 6.61 Å². The van der Waals surface area contributed by atoms with E-state index in [-0.39, 0.29) is 23.1 Å². The van der Waals surface area contributed by atoms with Crippen molar-refractivity contribution in [2.45, 2.75) is 11.8 Å². The average molecular weight is 425 g/mol. The van der Waals surface area contributed by atoms with Crippen LogP contribution in [0.5, 0.6) is 5.75 Å². The molecule has 0 bridgehead atoms. The zero-order chi connectivity index (χ0) is 20.1. The summed E-state index contributed by atoms with van der Waals surface area (Å²) >= 11 is 7.07. The van der Waals surface area contributed by atoms with E-state index in [1.165, 1.54) is 23.9 Å². The van der Waals surface area contributed by atoms with Gasteiger partial charge in [0.1, 0.15) is 5.75 Å². The molecule has 0 saturated heterocycles. The summed E-state index contributed by atoms with van der Waals surface area (Å²) in [6.07, 6.45) is 0. The molecule has 1 amide bonds. The third-order valence-corrected chi connectivity index (χ3v) is 4.92. The van der Waals surface area contributed by atoms with Crippen LogP contribution in [-0.4, -0.2) is 33.0 Å². The van der Waals surface area contributed by atoms with Gasteiger partial charge in [-0.2, -0.15) is 8.78 Å². The van der Waals surface area contributed by atoms with Crippen molar-refractivity contribution in [2.24, 2.45) is 7.05 Å². The van der Waals surface area contributed by atoms with Crippen molar-refractivity contribution in [3.05, 3.63) is 53.6 Å². The summed E-state index contributed by atoms with van der Waals surface area (Å²) < 4.78 is 31.1. The van der Waals surface area contributed by atoms with Gasteiger partial charge >= 0.3 is 6.61 Å². The number of benzene rings is 2. The minimum Gasteiger partial charge on any atom is -0.433 e. The first-order valence-corrected chi connectivity index (χ1v) is 9.42. The molecule has 28 heavy (non-hydrogen) atoms. The zero-order valence-corrected chi connectivity index (χ0v) is 16.2. The Balaban J connectivity index is 1.64. The lowest BCUT2D eigenvalue weighted by atomic mass is 10.2. The highest BCUT2D eigenvalue weighted by Crippen LogP contribution is 2.27. The van der Waals surface area contributed by atoms with E-state index in [1.807, 2.05) is 12.1 Å². The summed E-state index contributed by atoms with van der Waals surface area (Å²) in [6, 6.07) is 13.2. The van der Waals surface area contributed by atoms with Crippen LogP contribution >= 0.6 is 23.4 Å². The van der Waals surface area contributed by atoms with Gasteiger partial charge < -0.3 is 14.6 Å². The topological polar surface area (TPSA) is 69.0 Å². The number of para-hydroxylation sites is 2. The Hall–Kier alpha value is -2.65. The highest BCUT2D eigenvalue weighted by atomic mass is 35.5. The normalized spacial score (nSPS) is 10.9. The van der Waals surface area contributed by atoms with Crippen molar-refractivity contribution in [3.63, 3.8) is 0 Å². The van der Waals surface area contributed by atoms with Gasteiger partial charge in [0.15, 0.2) is 11.0 Å². The zero-order valence-electron chi connectivity index (χ0n) is 14.6. The van der Waals surface area contributed by atoms with Crippen LogP contribution in [0.1, 0.15) is 0 Å². The summed E-state index contributed by atoms with van der Waals surface area (Å²) in [5, 5.41) is 11.9. The van der Waals surface area contributed by atoms with Gasteiger partial charge in [-0.05, 0) is 36.4 Å². The first kappa shape index (κ1) is 20.1. The quantitative estimate of drug-likeness (QED) is 0.567. The van der Waals surface area contributed by atoms with E-state index in [9.17, 15) is 13.6 Å². The predicted molar refractivity (Wildman–Crippen MR) is 104 cm³/mol. The molecule has 6 nitrogen and oxygen atoms in total. The fourth-order valence-electron chi connectivity index (χ4n) is 2.38. The lowest BCUT2D eigenvalue weighted by Crippen LogP contribution is -2.16. The van der Waals surface area contributed by atoms with Crippen LogP contribution in [0.3, 0.4) is 0 Å². The first-order valence-electron chi connectivity index (χ1n) is 8.06. The van der Waals surface area contributed by atoms with E-state index in [0.717, 1.165) is 5.56 Å². The second-order valence-electron chi connectivity index (χ2n) is 5.58. The Morgan fingerprint density at radius 1 is 1.21 bits per heavy atom. The Bertz CT molecular complexity index is 966. The number of hydrogen-bond donors (Lipinski definition) is 1. The highest BCUT2D eigenvalue weighted by Gasteiger charge is 2.15. The fraction of sp³-hybridized carbons (Fsp3) is 0.167. The monoisotopic (exact) mass is 424 g/mol. The largest absolute Gasteiger partial charge is 0.433 e. The molecule has 146 valence electrons. The third-order valence-electron chi connectivity index (χ3n) is 3.65. The van der Waals surface area contributed by atoms with Gasteiger partial charge in [-0.25, -0.2) is 0 Å². The number of rotatable bonds is 7. The smallest absolute Gasteiger partial charge is 0.387 e. The molecule has 3 aromatic rings. The van der Waals surface area contributed by atoms with Crippen LogP contribution in [-0.2, 0) is 11.8 Å². The van der Waals surface area contributed by atoms with E-state index in [0.29, 0.717) is 16.0 Å². The molecule has 3 rings (SSSR count). The maximum absolute atomic E-state index is 12.5. The van der Waals surface area contributed by atoms with Crippen molar-refractivity contribution in [1.29, 1.82) is 0 Å². The van der Waals surface area contributed by atoms with Gasteiger partial charge in [-0.15, -0.1) is 10.2 Å². The number of alkyl halides is 2. The summed E-state index contributed by atoms with van der Waals surface area (Å²) in [6.45, 7) is -2.97. The van der Waals surface area contributed by atoms with Crippen molar-refractivity contribution in [2.75, 3.05) is 11.1 Å². The molecule has 2 aromatic carbocycles. The van der Waals surface area contributed by atoms with Gasteiger partial charge in [-0.1, -0.05) is 35.5 Å². The standard InChI is InChI=1S/C18H15ClF2N4O2S/c1-25-16(11-6-8-12(19)9-7-11)23-24-18(25)28-10-15(26)22-13-4-2-3-5-14(13)27-17(20)21/h2-9,17H,10H2,1H3,(H,22,26). The Morgan fingerprint density at radius 2 is 1.93 bits per heavy atom. The first-order chi connectivity index (χ1) is 13.4. The number of carbonyl (C=O) groups is 1. The van der Waals surface area contributed by atoms with Crippen molar-refractivity contribution >= 4 is 35.0 Å². The number of anilines is 1. The maximum Gasteiger partial charge on any atom is 0.387 e. The molecule has 10 heteroatoms. The van der Waals surface area contributed by atoms with Crippen LogP contribution in [0, 0.1) is 0 Å². The SMILES string of the molecule is Cn1c(SCC(=O)Nc2ccccc2OC(F)F)nnc1-c1ccc(Cl)cc1. The molecule has 0 saturated carbocycles. The van der Waals surface area contributed by atoms with E-state index in [4.69, 9.17) is 11.6 Å². The number of thioether (sulfide) groups is 1. The van der Waals surface area contributed by atoms with Crippen LogP contribution in [0.2, 0.25) is 5.02 Å². The van der Waals surface area contributed by atoms with Crippen LogP contribution in [0.4, 0.5) is 14.5 Å². The summed E-state index contributed by atoms with van der Waals surface area (Å²) in [5.41, 5.74) is 1.02. The molecule has 0 atom stereocenters. The van der Waals surface area contributed by atoms with Gasteiger partial charge in [0.2, 0.25) is 5.91 Å². The molecule has 0 aliphatic carbocycles. The summed E-state index contributed by atoms with van der Waals surface area (Å²) in [4.78, 5) is 12.2. The second kappa shape index (κ2) is 9.03. The molecule has 0 aliphatic heterocycles. The molecule has 0 aliphatic rings. The maximum atomic E-state index is 12.5. The number of nitrogens with zero attached hydrogens (tertiary/aromatic N) is 3. The van der Waals surface area contributed by atoms with Gasteiger partial charge in [-0.3, -0.25) is 4.79 Å². The van der Waals surface area contributed by atoms with E-state index >= 15 is 0 Å². The fourth-order valence-corrected chi connectivity index (χ4v) is 3.21. The minimum atomic E-state index is -2.97. The van der Waals surface area contributed by atoms with Crippen LogP contribution < -0.4 is 10.1 Å². The lowest BCUT2D eigenvalue weighted by Gasteiger charge is -2.11. The molecular weight excluding hydrogens is 410 g/mol. The summed E-state index contributed by atoms with van der Waals surface area (Å²) in [5.74, 6) is 0.177. The lowest BCUT2D eigenvalue weighted by molar-refractivity contribution is -0.113. The Labute approximate surface area is 168 Å². The molecule has 1 heterocycles. The molecule has 1 N–H and O–H groups in total. The van der Waals surface area contributed by atoms with Crippen molar-refractivity contribution in [1.82, 2.24) is 14.8 Å². The third kappa shape index (κ3) is 4.99. The number of nitrogens with one attached hydrogen (secondary N) is 1. The number of ether oxygens (including phenoxy) is 1. The van der Waals surface area contributed by atoms with Gasteiger partial charge in [0.25, 0.3) is 0 Å². The number of aromatic nitrogens is 3. The van der Waals surface area contributed by atoms with Crippen molar-refractivity contribution in [3.8, 4) is 17.1 Å². The predicted octanol–water partition coefficient (Wildman–Crippen LogP) is 4.47. The second-order valence-corrected chi connectivity index (χ2v) is 6.96. The van der Waals surface area contributed by atoms with Crippen molar-refractivity contribution < 1.29 is 18.3 Å².